The third-order valence-corrected chi connectivity index (χ3v) is 3.38. The number of rotatable bonds is 7. The Hall–Kier alpha value is -3.04. The minimum absolute atomic E-state index is 0.232. The van der Waals surface area contributed by atoms with Gasteiger partial charge in [0, 0.05) is 5.69 Å². The summed E-state index contributed by atoms with van der Waals surface area (Å²) < 4.78 is 5.41. The van der Waals surface area contributed by atoms with Crippen LogP contribution in [0.15, 0.2) is 42.5 Å². The van der Waals surface area contributed by atoms with Crippen molar-refractivity contribution >= 4 is 11.7 Å². The number of anilines is 1. The van der Waals surface area contributed by atoms with Crippen LogP contribution >= 0.6 is 0 Å². The van der Waals surface area contributed by atoms with E-state index in [1.807, 2.05) is 13.0 Å². The molecule has 0 saturated heterocycles. The Bertz CT molecular complexity index is 751. The van der Waals surface area contributed by atoms with Crippen LogP contribution in [-0.4, -0.2) is 17.7 Å². The monoisotopic (exact) mass is 325 g/mol. The van der Waals surface area contributed by atoms with Gasteiger partial charge in [0.15, 0.2) is 0 Å². The topological polar surface area (TPSA) is 105 Å². The molecule has 0 aliphatic heterocycles. The molecule has 0 spiro atoms. The van der Waals surface area contributed by atoms with Gasteiger partial charge in [-0.15, -0.1) is 0 Å². The van der Waals surface area contributed by atoms with E-state index in [9.17, 15) is 15.0 Å². The van der Waals surface area contributed by atoms with E-state index < -0.39 is 12.0 Å². The number of carboxylic acid groups (broad SMARTS) is 1. The van der Waals surface area contributed by atoms with Crippen molar-refractivity contribution < 1.29 is 19.7 Å². The molecule has 2 aromatic carbocycles. The molecule has 6 heteroatoms. The van der Waals surface area contributed by atoms with Gasteiger partial charge in [-0.1, -0.05) is 6.07 Å². The van der Waals surface area contributed by atoms with Gasteiger partial charge in [-0.2, -0.15) is 5.26 Å². The van der Waals surface area contributed by atoms with Crippen LogP contribution in [0.2, 0.25) is 0 Å². The van der Waals surface area contributed by atoms with E-state index >= 15 is 0 Å². The molecular formula is C18H17N2O4-. The fourth-order valence-electron chi connectivity index (χ4n) is 2.28. The zero-order chi connectivity index (χ0) is 17.5. The summed E-state index contributed by atoms with van der Waals surface area (Å²) in [5.41, 5.74) is 1.97. The molecule has 0 aromatic heterocycles. The Morgan fingerprint density at radius 1 is 1.33 bits per heavy atom. The number of aliphatic hydroxyl groups excluding tert-OH is 1. The van der Waals surface area contributed by atoms with E-state index in [2.05, 4.69) is 5.32 Å². The van der Waals surface area contributed by atoms with Gasteiger partial charge in [-0.3, -0.25) is 0 Å². The van der Waals surface area contributed by atoms with Gasteiger partial charge in [-0.05, 0) is 54.4 Å². The van der Waals surface area contributed by atoms with Crippen molar-refractivity contribution in [3.05, 3.63) is 59.2 Å². The maximum atomic E-state index is 11.6. The Morgan fingerprint density at radius 2 is 2.04 bits per heavy atom. The van der Waals surface area contributed by atoms with Gasteiger partial charge in [0.05, 0.1) is 36.9 Å². The SMILES string of the molecule is CCOc1cc(CO)cc(C(Nc2ccc(C#N)cc2)C(=O)[O-])c1. The first-order valence-electron chi connectivity index (χ1n) is 7.42. The number of benzene rings is 2. The fraction of sp³-hybridized carbons (Fsp3) is 0.222. The van der Waals surface area contributed by atoms with Gasteiger partial charge in [0.1, 0.15) is 5.75 Å². The molecule has 0 aliphatic rings. The molecule has 0 radical (unpaired) electrons. The molecule has 0 saturated carbocycles. The molecular weight excluding hydrogens is 308 g/mol. The summed E-state index contributed by atoms with van der Waals surface area (Å²) in [4.78, 5) is 11.6. The summed E-state index contributed by atoms with van der Waals surface area (Å²) in [7, 11) is 0. The lowest BCUT2D eigenvalue weighted by molar-refractivity contribution is -0.307. The number of carbonyl (C=O) groups excluding carboxylic acids is 1. The largest absolute Gasteiger partial charge is 0.548 e. The summed E-state index contributed by atoms with van der Waals surface area (Å²) in [6.45, 7) is 2.01. The van der Waals surface area contributed by atoms with Crippen molar-refractivity contribution in [2.45, 2.75) is 19.6 Å². The molecule has 6 nitrogen and oxygen atoms in total. The van der Waals surface area contributed by atoms with Crippen molar-refractivity contribution in [2.75, 3.05) is 11.9 Å². The summed E-state index contributed by atoms with van der Waals surface area (Å²) in [5, 5.41) is 32.6. The number of nitriles is 1. The number of aliphatic carboxylic acids is 1. The van der Waals surface area contributed by atoms with Crippen molar-refractivity contribution in [2.24, 2.45) is 0 Å². The number of hydrogen-bond donors (Lipinski definition) is 2. The molecule has 0 aliphatic carbocycles. The molecule has 0 bridgehead atoms. The van der Waals surface area contributed by atoms with Gasteiger partial charge in [-0.25, -0.2) is 0 Å². The van der Waals surface area contributed by atoms with Crippen molar-refractivity contribution in [3.8, 4) is 11.8 Å². The first-order chi connectivity index (χ1) is 11.6. The molecule has 24 heavy (non-hydrogen) atoms. The van der Waals surface area contributed by atoms with Crippen LogP contribution in [0.3, 0.4) is 0 Å². The van der Waals surface area contributed by atoms with E-state index in [0.717, 1.165) is 0 Å². The summed E-state index contributed by atoms with van der Waals surface area (Å²) in [6, 6.07) is 12.1. The first kappa shape index (κ1) is 17.3. The highest BCUT2D eigenvalue weighted by Crippen LogP contribution is 2.25. The summed E-state index contributed by atoms with van der Waals surface area (Å²) in [6.07, 6.45) is 0. The second-order valence-corrected chi connectivity index (χ2v) is 5.09. The van der Waals surface area contributed by atoms with Gasteiger partial charge < -0.3 is 25.1 Å². The van der Waals surface area contributed by atoms with Crippen LogP contribution in [0.25, 0.3) is 0 Å². The minimum atomic E-state index is -1.31. The Labute approximate surface area is 139 Å². The van der Waals surface area contributed by atoms with Crippen molar-refractivity contribution in [3.63, 3.8) is 0 Å². The highest BCUT2D eigenvalue weighted by Gasteiger charge is 2.15. The Morgan fingerprint density at radius 3 is 2.58 bits per heavy atom. The predicted molar refractivity (Wildman–Crippen MR) is 86.1 cm³/mol. The Kier molecular flexibility index (Phi) is 5.77. The van der Waals surface area contributed by atoms with Crippen molar-refractivity contribution in [1.29, 1.82) is 5.26 Å². The maximum absolute atomic E-state index is 11.6. The molecule has 2 N–H and O–H groups in total. The molecule has 0 heterocycles. The lowest BCUT2D eigenvalue weighted by Gasteiger charge is -2.22. The van der Waals surface area contributed by atoms with Gasteiger partial charge in [0.25, 0.3) is 0 Å². The summed E-state index contributed by atoms with van der Waals surface area (Å²) in [5.74, 6) is -0.830. The lowest BCUT2D eigenvalue weighted by Crippen LogP contribution is -2.34. The van der Waals surface area contributed by atoms with Crippen LogP contribution in [-0.2, 0) is 11.4 Å². The lowest BCUT2D eigenvalue weighted by atomic mass is 10.0. The number of ether oxygens (including phenoxy) is 1. The van der Waals surface area contributed by atoms with Crippen LogP contribution in [0.1, 0.15) is 29.7 Å². The molecule has 0 fully saturated rings. The second kappa shape index (κ2) is 7.99. The second-order valence-electron chi connectivity index (χ2n) is 5.09. The molecule has 124 valence electrons. The average molecular weight is 325 g/mol. The van der Waals surface area contributed by atoms with E-state index in [4.69, 9.17) is 10.00 Å². The van der Waals surface area contributed by atoms with E-state index in [1.54, 1.807) is 42.5 Å². The third-order valence-electron chi connectivity index (χ3n) is 3.38. The average Bonchev–Trinajstić information content (AvgIpc) is 2.59. The number of carboxylic acids is 1. The van der Waals surface area contributed by atoms with E-state index in [1.165, 1.54) is 0 Å². The number of aliphatic hydroxyl groups is 1. The zero-order valence-corrected chi connectivity index (χ0v) is 13.2. The molecule has 1 atom stereocenters. The third kappa shape index (κ3) is 4.24. The summed E-state index contributed by atoms with van der Waals surface area (Å²) >= 11 is 0. The minimum Gasteiger partial charge on any atom is -0.548 e. The number of hydrogen-bond acceptors (Lipinski definition) is 6. The van der Waals surface area contributed by atoms with Crippen LogP contribution in [0, 0.1) is 11.3 Å². The molecule has 2 aromatic rings. The zero-order valence-electron chi connectivity index (χ0n) is 13.2. The Balaban J connectivity index is 2.34. The highest BCUT2D eigenvalue weighted by atomic mass is 16.5. The molecule has 0 amide bonds. The van der Waals surface area contributed by atoms with Gasteiger partial charge >= 0.3 is 0 Å². The maximum Gasteiger partial charge on any atom is 0.119 e. The predicted octanol–water partition coefficient (Wildman–Crippen LogP) is 1.35. The van der Waals surface area contributed by atoms with Crippen LogP contribution in [0.5, 0.6) is 5.75 Å². The standard InChI is InChI=1S/C18H18N2O4/c1-2-24-16-8-13(11-21)7-14(9-16)17(18(22)23)20-15-5-3-12(10-19)4-6-15/h3-9,17,20-21H,2,11H2,1H3,(H,22,23)/p-1. The molecule has 1 unspecified atom stereocenters. The van der Waals surface area contributed by atoms with Gasteiger partial charge in [0.2, 0.25) is 0 Å². The van der Waals surface area contributed by atoms with Crippen molar-refractivity contribution in [1.82, 2.24) is 0 Å². The van der Waals surface area contributed by atoms with Crippen LogP contribution < -0.4 is 15.2 Å². The fourth-order valence-corrected chi connectivity index (χ4v) is 2.28. The number of nitrogens with one attached hydrogen (secondary N) is 1. The normalized spacial score (nSPS) is 11.4. The first-order valence-corrected chi connectivity index (χ1v) is 7.42. The quantitative estimate of drug-likeness (QED) is 0.796. The highest BCUT2D eigenvalue weighted by molar-refractivity contribution is 5.78. The van der Waals surface area contributed by atoms with Crippen LogP contribution in [0.4, 0.5) is 5.69 Å². The van der Waals surface area contributed by atoms with E-state index in [0.29, 0.717) is 34.7 Å². The number of nitrogens with zero attached hydrogens (tertiary/aromatic N) is 1. The number of carbonyl (C=O) groups is 1. The smallest absolute Gasteiger partial charge is 0.119 e. The molecule has 2 rings (SSSR count). The van der Waals surface area contributed by atoms with E-state index in [-0.39, 0.29) is 6.61 Å².